The number of benzene rings is 1. The van der Waals surface area contributed by atoms with Gasteiger partial charge in [-0.2, -0.15) is 0 Å². The van der Waals surface area contributed by atoms with Gasteiger partial charge >= 0.3 is 0 Å². The molecule has 2 rings (SSSR count). The van der Waals surface area contributed by atoms with Crippen LogP contribution >= 0.6 is 11.6 Å². The van der Waals surface area contributed by atoms with Crippen molar-refractivity contribution in [3.63, 3.8) is 0 Å². The summed E-state index contributed by atoms with van der Waals surface area (Å²) in [4.78, 5) is 12.1. The average molecular weight is 295 g/mol. The van der Waals surface area contributed by atoms with E-state index in [9.17, 15) is 4.79 Å². The molecule has 0 radical (unpaired) electrons. The summed E-state index contributed by atoms with van der Waals surface area (Å²) in [5, 5.41) is 7.17. The molecule has 0 spiro atoms. The highest BCUT2D eigenvalue weighted by atomic mass is 35.5. The van der Waals surface area contributed by atoms with Crippen molar-refractivity contribution in [3.8, 4) is 0 Å². The van der Waals surface area contributed by atoms with Crippen molar-refractivity contribution in [1.29, 1.82) is 0 Å². The van der Waals surface area contributed by atoms with E-state index in [0.717, 1.165) is 23.4 Å². The van der Waals surface area contributed by atoms with Gasteiger partial charge in [0, 0.05) is 17.1 Å². The lowest BCUT2D eigenvalue weighted by Crippen LogP contribution is -2.46. The van der Waals surface area contributed by atoms with Crippen molar-refractivity contribution in [2.75, 3.05) is 0 Å². The van der Waals surface area contributed by atoms with Crippen LogP contribution < -0.4 is 10.6 Å². The maximum Gasteiger partial charge on any atom is 0.237 e. The van der Waals surface area contributed by atoms with E-state index in [2.05, 4.69) is 10.6 Å². The maximum absolute atomic E-state index is 12.1. The van der Waals surface area contributed by atoms with E-state index in [1.165, 1.54) is 12.8 Å². The van der Waals surface area contributed by atoms with Gasteiger partial charge in [0.25, 0.3) is 0 Å². The Kier molecular flexibility index (Phi) is 5.44. The summed E-state index contributed by atoms with van der Waals surface area (Å²) in [6.45, 7) is 3.95. The van der Waals surface area contributed by atoms with Crippen LogP contribution in [0.1, 0.15) is 51.1 Å². The zero-order valence-electron chi connectivity index (χ0n) is 12.2. The molecule has 2 atom stereocenters. The van der Waals surface area contributed by atoms with Crippen molar-refractivity contribution < 1.29 is 4.79 Å². The van der Waals surface area contributed by atoms with Crippen molar-refractivity contribution in [1.82, 2.24) is 10.6 Å². The minimum atomic E-state index is -0.204. The van der Waals surface area contributed by atoms with Crippen LogP contribution in [0.25, 0.3) is 0 Å². The first-order valence-electron chi connectivity index (χ1n) is 7.38. The molecule has 0 aromatic heterocycles. The fourth-order valence-electron chi connectivity index (χ4n) is 2.72. The monoisotopic (exact) mass is 294 g/mol. The Morgan fingerprint density at radius 3 is 2.65 bits per heavy atom. The van der Waals surface area contributed by atoms with E-state index >= 15 is 0 Å². The molecule has 1 aliphatic rings. The molecule has 1 aliphatic carbocycles. The Morgan fingerprint density at radius 1 is 1.30 bits per heavy atom. The first-order chi connectivity index (χ1) is 9.56. The van der Waals surface area contributed by atoms with E-state index in [0.29, 0.717) is 6.04 Å². The highest BCUT2D eigenvalue weighted by molar-refractivity contribution is 6.30. The predicted molar refractivity (Wildman–Crippen MR) is 82.9 cm³/mol. The number of hydrogen-bond donors (Lipinski definition) is 2. The first-order valence-corrected chi connectivity index (χ1v) is 7.76. The average Bonchev–Trinajstić information content (AvgIpc) is 2.91. The van der Waals surface area contributed by atoms with Gasteiger partial charge in [-0.15, -0.1) is 0 Å². The quantitative estimate of drug-likeness (QED) is 0.873. The Morgan fingerprint density at radius 2 is 2.00 bits per heavy atom. The molecule has 4 heteroatoms. The zero-order chi connectivity index (χ0) is 14.5. The number of carbonyl (C=O) groups is 1. The summed E-state index contributed by atoms with van der Waals surface area (Å²) in [5.74, 6) is 0.0887. The van der Waals surface area contributed by atoms with Crippen LogP contribution in [0.15, 0.2) is 24.3 Å². The number of hydrogen-bond acceptors (Lipinski definition) is 2. The minimum absolute atomic E-state index is 0.0887. The standard InChI is InChI=1S/C16H23ClN2O/c1-11(13-6-5-7-14(17)10-13)18-12(2)16(20)19-15-8-3-4-9-15/h5-7,10-12,15,18H,3-4,8-9H2,1-2H3,(H,19,20)/t11-,12?/m0/s1. The Hall–Kier alpha value is -1.06. The molecule has 1 unspecified atom stereocenters. The Labute approximate surface area is 126 Å². The van der Waals surface area contributed by atoms with Crippen LogP contribution in [0, 0.1) is 0 Å². The zero-order valence-corrected chi connectivity index (χ0v) is 12.9. The summed E-state index contributed by atoms with van der Waals surface area (Å²) in [7, 11) is 0. The molecular weight excluding hydrogens is 272 g/mol. The summed E-state index contributed by atoms with van der Waals surface area (Å²) < 4.78 is 0. The third-order valence-electron chi connectivity index (χ3n) is 3.94. The number of carbonyl (C=O) groups excluding carboxylic acids is 1. The molecule has 0 saturated heterocycles. The van der Waals surface area contributed by atoms with Gasteiger partial charge in [-0.1, -0.05) is 36.6 Å². The summed E-state index contributed by atoms with van der Waals surface area (Å²) >= 11 is 5.99. The molecule has 1 fully saturated rings. The second-order valence-corrected chi connectivity index (χ2v) is 6.09. The van der Waals surface area contributed by atoms with E-state index < -0.39 is 0 Å². The molecule has 1 saturated carbocycles. The van der Waals surface area contributed by atoms with Crippen molar-refractivity contribution in [3.05, 3.63) is 34.9 Å². The molecular formula is C16H23ClN2O. The fraction of sp³-hybridized carbons (Fsp3) is 0.562. The molecule has 0 bridgehead atoms. The molecule has 0 aliphatic heterocycles. The van der Waals surface area contributed by atoms with E-state index in [1.54, 1.807) is 0 Å². The van der Waals surface area contributed by atoms with Crippen LogP contribution in [0.5, 0.6) is 0 Å². The summed E-state index contributed by atoms with van der Waals surface area (Å²) in [6.07, 6.45) is 4.68. The van der Waals surface area contributed by atoms with Crippen LogP contribution in [-0.4, -0.2) is 18.0 Å². The highest BCUT2D eigenvalue weighted by Gasteiger charge is 2.21. The third kappa shape index (κ3) is 4.22. The van der Waals surface area contributed by atoms with Gasteiger partial charge in [0.1, 0.15) is 0 Å². The van der Waals surface area contributed by atoms with Gasteiger partial charge in [-0.3, -0.25) is 10.1 Å². The molecule has 3 nitrogen and oxygen atoms in total. The number of halogens is 1. The SMILES string of the molecule is CC(N[C@@H](C)c1cccc(Cl)c1)C(=O)NC1CCCC1. The van der Waals surface area contributed by atoms with Gasteiger partial charge in [-0.25, -0.2) is 0 Å². The second kappa shape index (κ2) is 7.09. The molecule has 20 heavy (non-hydrogen) atoms. The maximum atomic E-state index is 12.1. The molecule has 2 N–H and O–H groups in total. The molecule has 1 amide bonds. The van der Waals surface area contributed by atoms with Crippen LogP contribution in [0.4, 0.5) is 0 Å². The predicted octanol–water partition coefficient (Wildman–Crippen LogP) is 3.44. The van der Waals surface area contributed by atoms with E-state index in [4.69, 9.17) is 11.6 Å². The Bertz CT molecular complexity index is 458. The van der Waals surface area contributed by atoms with Crippen molar-refractivity contribution >= 4 is 17.5 Å². The highest BCUT2D eigenvalue weighted by Crippen LogP contribution is 2.19. The van der Waals surface area contributed by atoms with E-state index in [-0.39, 0.29) is 18.0 Å². The number of amides is 1. The topological polar surface area (TPSA) is 41.1 Å². The smallest absolute Gasteiger partial charge is 0.237 e. The third-order valence-corrected chi connectivity index (χ3v) is 4.18. The van der Waals surface area contributed by atoms with Gasteiger partial charge in [0.05, 0.1) is 6.04 Å². The van der Waals surface area contributed by atoms with Gasteiger partial charge in [0.2, 0.25) is 5.91 Å². The van der Waals surface area contributed by atoms with Gasteiger partial charge in [0.15, 0.2) is 0 Å². The van der Waals surface area contributed by atoms with Crippen molar-refractivity contribution in [2.24, 2.45) is 0 Å². The molecule has 0 heterocycles. The Balaban J connectivity index is 1.86. The molecule has 110 valence electrons. The second-order valence-electron chi connectivity index (χ2n) is 5.66. The van der Waals surface area contributed by atoms with Crippen LogP contribution in [-0.2, 0) is 4.79 Å². The van der Waals surface area contributed by atoms with Gasteiger partial charge in [-0.05, 0) is 44.4 Å². The fourth-order valence-corrected chi connectivity index (χ4v) is 2.92. The summed E-state index contributed by atoms with van der Waals surface area (Å²) in [6, 6.07) is 8.00. The normalized spacial score (nSPS) is 18.8. The largest absolute Gasteiger partial charge is 0.352 e. The first kappa shape index (κ1) is 15.3. The lowest BCUT2D eigenvalue weighted by atomic mass is 10.1. The van der Waals surface area contributed by atoms with Gasteiger partial charge < -0.3 is 5.32 Å². The molecule has 1 aromatic carbocycles. The summed E-state index contributed by atoms with van der Waals surface area (Å²) in [5.41, 5.74) is 1.10. The van der Waals surface area contributed by atoms with Crippen molar-refractivity contribution in [2.45, 2.75) is 57.7 Å². The van der Waals surface area contributed by atoms with Crippen LogP contribution in [0.2, 0.25) is 5.02 Å². The number of rotatable bonds is 5. The lowest BCUT2D eigenvalue weighted by Gasteiger charge is -2.22. The number of nitrogens with one attached hydrogen (secondary N) is 2. The van der Waals surface area contributed by atoms with E-state index in [1.807, 2.05) is 38.1 Å². The van der Waals surface area contributed by atoms with Crippen LogP contribution in [0.3, 0.4) is 0 Å². The molecule has 1 aromatic rings. The lowest BCUT2D eigenvalue weighted by molar-refractivity contribution is -0.123. The minimum Gasteiger partial charge on any atom is -0.352 e.